The van der Waals surface area contributed by atoms with E-state index in [-0.39, 0.29) is 0 Å². The van der Waals surface area contributed by atoms with Gasteiger partial charge >= 0.3 is 0 Å². The van der Waals surface area contributed by atoms with Crippen LogP contribution in [0.5, 0.6) is 0 Å². The second-order valence-corrected chi connectivity index (χ2v) is 8.08. The highest BCUT2D eigenvalue weighted by molar-refractivity contribution is 7.94. The Kier molecular flexibility index (Phi) is 2.83. The van der Waals surface area contributed by atoms with Gasteiger partial charge in [-0.25, -0.2) is 8.42 Å². The summed E-state index contributed by atoms with van der Waals surface area (Å²) in [6.45, 7) is 0. The average molecular weight is 318 g/mol. The number of nitrogens with one attached hydrogen (secondary N) is 2. The summed E-state index contributed by atoms with van der Waals surface area (Å²) in [6, 6.07) is 9.37. The van der Waals surface area contributed by atoms with Crippen molar-refractivity contribution in [2.45, 2.75) is 23.0 Å². The van der Waals surface area contributed by atoms with E-state index >= 15 is 0 Å². The van der Waals surface area contributed by atoms with Gasteiger partial charge in [0.05, 0.1) is 5.69 Å². The number of hydrogen-bond acceptors (Lipinski definition) is 3. The standard InChI is InChI=1S/C15H14N2O2S2/c18-21(19,15-11(7-9-20-15)10-4-5-10)17-14-3-1-2-13-12(14)6-8-16-13/h1-3,6-10,16-17H,4-5H2. The molecule has 21 heavy (non-hydrogen) atoms. The zero-order chi connectivity index (χ0) is 14.4. The molecular weight excluding hydrogens is 304 g/mol. The van der Waals surface area contributed by atoms with Gasteiger partial charge in [0.15, 0.2) is 0 Å². The highest BCUT2D eigenvalue weighted by Gasteiger charge is 2.31. The van der Waals surface area contributed by atoms with Gasteiger partial charge in [-0.15, -0.1) is 11.3 Å². The Labute approximate surface area is 126 Å². The molecule has 0 unspecified atom stereocenters. The molecule has 0 atom stereocenters. The van der Waals surface area contributed by atoms with Crippen molar-refractivity contribution < 1.29 is 8.42 Å². The lowest BCUT2D eigenvalue weighted by Gasteiger charge is -2.09. The van der Waals surface area contributed by atoms with E-state index in [1.165, 1.54) is 11.3 Å². The number of sulfonamides is 1. The highest BCUT2D eigenvalue weighted by atomic mass is 32.2. The smallest absolute Gasteiger partial charge is 0.271 e. The fourth-order valence-corrected chi connectivity index (χ4v) is 5.20. The molecule has 1 fully saturated rings. The normalized spacial score (nSPS) is 15.4. The quantitative estimate of drug-likeness (QED) is 0.766. The lowest BCUT2D eigenvalue weighted by molar-refractivity contribution is 0.602. The molecule has 4 nitrogen and oxygen atoms in total. The van der Waals surface area contributed by atoms with E-state index in [0.29, 0.717) is 15.8 Å². The van der Waals surface area contributed by atoms with Crippen LogP contribution in [0.3, 0.4) is 0 Å². The Morgan fingerprint density at radius 1 is 1.19 bits per heavy atom. The summed E-state index contributed by atoms with van der Waals surface area (Å²) in [5, 5.41) is 2.74. The molecule has 0 radical (unpaired) electrons. The number of rotatable bonds is 4. The van der Waals surface area contributed by atoms with E-state index in [1.54, 1.807) is 6.07 Å². The Morgan fingerprint density at radius 3 is 2.86 bits per heavy atom. The molecule has 6 heteroatoms. The zero-order valence-electron chi connectivity index (χ0n) is 11.2. The van der Waals surface area contributed by atoms with Gasteiger partial charge in [-0.05, 0) is 54.0 Å². The molecule has 0 amide bonds. The Balaban J connectivity index is 1.75. The molecule has 2 aromatic heterocycles. The summed E-state index contributed by atoms with van der Waals surface area (Å²) in [5.74, 6) is 0.422. The first-order valence-electron chi connectivity index (χ1n) is 6.81. The summed E-state index contributed by atoms with van der Waals surface area (Å²) in [7, 11) is -3.52. The highest BCUT2D eigenvalue weighted by Crippen LogP contribution is 2.45. The maximum Gasteiger partial charge on any atom is 0.271 e. The molecule has 1 aliphatic rings. The van der Waals surface area contributed by atoms with Gasteiger partial charge in [-0.3, -0.25) is 4.72 Å². The summed E-state index contributed by atoms with van der Waals surface area (Å²) < 4.78 is 28.5. The molecule has 1 aliphatic carbocycles. The van der Waals surface area contributed by atoms with Gasteiger partial charge in [-0.1, -0.05) is 6.07 Å². The van der Waals surface area contributed by atoms with Gasteiger partial charge in [-0.2, -0.15) is 0 Å². The van der Waals surface area contributed by atoms with Crippen LogP contribution in [0.15, 0.2) is 46.1 Å². The molecule has 0 aliphatic heterocycles. The molecule has 0 saturated heterocycles. The van der Waals surface area contributed by atoms with Gasteiger partial charge in [0.1, 0.15) is 4.21 Å². The number of H-pyrrole nitrogens is 1. The van der Waals surface area contributed by atoms with Crippen molar-refractivity contribution >= 4 is 38.0 Å². The maximum atomic E-state index is 12.7. The number of benzene rings is 1. The minimum absolute atomic E-state index is 0.422. The molecular formula is C15H14N2O2S2. The first kappa shape index (κ1) is 12.9. The molecule has 1 aromatic carbocycles. The second-order valence-electron chi connectivity index (χ2n) is 5.29. The molecule has 0 spiro atoms. The van der Waals surface area contributed by atoms with Crippen LogP contribution in [0.1, 0.15) is 24.3 Å². The lowest BCUT2D eigenvalue weighted by atomic mass is 10.2. The fourth-order valence-electron chi connectivity index (χ4n) is 2.59. The van der Waals surface area contributed by atoms with Crippen LogP contribution >= 0.6 is 11.3 Å². The maximum absolute atomic E-state index is 12.7. The summed E-state index contributed by atoms with van der Waals surface area (Å²) in [6.07, 6.45) is 3.99. The molecule has 3 aromatic rings. The van der Waals surface area contributed by atoms with Gasteiger partial charge < -0.3 is 4.98 Å². The Morgan fingerprint density at radius 2 is 2.05 bits per heavy atom. The monoisotopic (exact) mass is 318 g/mol. The van der Waals surface area contributed by atoms with E-state index in [9.17, 15) is 8.42 Å². The topological polar surface area (TPSA) is 62.0 Å². The molecule has 108 valence electrons. The number of fused-ring (bicyclic) bond motifs is 1. The van der Waals surface area contributed by atoms with Crippen LogP contribution in [0, 0.1) is 0 Å². The summed E-state index contributed by atoms with van der Waals surface area (Å²) >= 11 is 1.29. The van der Waals surface area contributed by atoms with E-state index in [4.69, 9.17) is 0 Å². The molecule has 4 rings (SSSR count). The van der Waals surface area contributed by atoms with Crippen LogP contribution in [0.2, 0.25) is 0 Å². The first-order valence-corrected chi connectivity index (χ1v) is 9.18. The molecule has 2 N–H and O–H groups in total. The van der Waals surface area contributed by atoms with Crippen LogP contribution in [0.4, 0.5) is 5.69 Å². The fraction of sp³-hybridized carbons (Fsp3) is 0.200. The van der Waals surface area contributed by atoms with Crippen LogP contribution in [-0.2, 0) is 10.0 Å². The van der Waals surface area contributed by atoms with Crippen molar-refractivity contribution in [3.8, 4) is 0 Å². The Bertz CT molecular complexity index is 905. The van der Waals surface area contributed by atoms with E-state index < -0.39 is 10.0 Å². The number of aromatic nitrogens is 1. The van der Waals surface area contributed by atoms with Crippen LogP contribution in [-0.4, -0.2) is 13.4 Å². The van der Waals surface area contributed by atoms with E-state index in [0.717, 1.165) is 29.3 Å². The molecule has 1 saturated carbocycles. The summed E-state index contributed by atoms with van der Waals surface area (Å²) in [5.41, 5.74) is 2.50. The number of anilines is 1. The average Bonchev–Trinajstić information content (AvgIpc) is 3.00. The van der Waals surface area contributed by atoms with Gasteiger partial charge in [0, 0.05) is 17.1 Å². The zero-order valence-corrected chi connectivity index (χ0v) is 12.8. The van der Waals surface area contributed by atoms with Crippen molar-refractivity contribution in [3.05, 3.63) is 47.5 Å². The number of hydrogen-bond donors (Lipinski definition) is 2. The third-order valence-corrected chi connectivity index (χ3v) is 6.64. The largest absolute Gasteiger partial charge is 0.361 e. The van der Waals surface area contributed by atoms with Gasteiger partial charge in [0.2, 0.25) is 0 Å². The van der Waals surface area contributed by atoms with E-state index in [1.807, 2.05) is 35.8 Å². The second kappa shape index (κ2) is 4.61. The lowest BCUT2D eigenvalue weighted by Crippen LogP contribution is -2.13. The van der Waals surface area contributed by atoms with Gasteiger partial charge in [0.25, 0.3) is 10.0 Å². The van der Waals surface area contributed by atoms with E-state index in [2.05, 4.69) is 9.71 Å². The summed E-state index contributed by atoms with van der Waals surface area (Å²) in [4.78, 5) is 3.09. The van der Waals surface area contributed by atoms with Crippen molar-refractivity contribution in [1.82, 2.24) is 4.98 Å². The third-order valence-electron chi connectivity index (χ3n) is 3.76. The first-order chi connectivity index (χ1) is 10.1. The SMILES string of the molecule is O=S(=O)(Nc1cccc2[nH]ccc12)c1sccc1C1CC1. The van der Waals surface area contributed by atoms with Crippen LogP contribution in [0.25, 0.3) is 10.9 Å². The minimum atomic E-state index is -3.52. The van der Waals surface area contributed by atoms with Crippen molar-refractivity contribution in [2.75, 3.05) is 4.72 Å². The minimum Gasteiger partial charge on any atom is -0.361 e. The third kappa shape index (κ3) is 2.24. The van der Waals surface area contributed by atoms with Crippen LogP contribution < -0.4 is 4.72 Å². The van der Waals surface area contributed by atoms with Crippen molar-refractivity contribution in [1.29, 1.82) is 0 Å². The predicted octanol–water partition coefficient (Wildman–Crippen LogP) is 3.91. The molecule has 2 heterocycles. The number of thiophene rings is 1. The predicted molar refractivity (Wildman–Crippen MR) is 85.4 cm³/mol. The van der Waals surface area contributed by atoms with Crippen molar-refractivity contribution in [2.24, 2.45) is 0 Å². The number of aromatic amines is 1. The molecule has 0 bridgehead atoms. The Hall–Kier alpha value is -1.79. The van der Waals surface area contributed by atoms with Crippen molar-refractivity contribution in [3.63, 3.8) is 0 Å².